The van der Waals surface area contributed by atoms with E-state index in [9.17, 15) is 0 Å². The van der Waals surface area contributed by atoms with Crippen molar-refractivity contribution in [3.63, 3.8) is 0 Å². The maximum Gasteiger partial charge on any atom is 0.00966 e. The molecule has 106 valence electrons. The first-order valence-electron chi connectivity index (χ1n) is 7.94. The molecule has 2 heteroatoms. The molecule has 0 bridgehead atoms. The quantitative estimate of drug-likeness (QED) is 0.677. The van der Waals surface area contributed by atoms with Crippen LogP contribution in [0, 0.1) is 11.3 Å². The Morgan fingerprint density at radius 1 is 1.17 bits per heavy atom. The molecule has 0 aliphatic heterocycles. The average molecular weight is 252 g/mol. The number of rotatable bonds is 9. The molecule has 2 rings (SSSR count). The lowest BCUT2D eigenvalue weighted by Gasteiger charge is -2.33. The predicted molar refractivity (Wildman–Crippen MR) is 78.9 cm³/mol. The third-order valence-corrected chi connectivity index (χ3v) is 4.13. The Morgan fingerprint density at radius 2 is 1.83 bits per heavy atom. The van der Waals surface area contributed by atoms with E-state index >= 15 is 0 Å². The van der Waals surface area contributed by atoms with Crippen LogP contribution in [0.2, 0.25) is 0 Å². The average Bonchev–Trinajstić information content (AvgIpc) is 3.15. The fourth-order valence-electron chi connectivity index (χ4n) is 2.57. The molecule has 2 aliphatic rings. The molecule has 0 radical (unpaired) electrons. The predicted octanol–water partition coefficient (Wildman–Crippen LogP) is 3.28. The monoisotopic (exact) mass is 252 g/mol. The van der Waals surface area contributed by atoms with Crippen molar-refractivity contribution in [1.82, 2.24) is 10.2 Å². The zero-order chi connectivity index (χ0) is 13.2. The third kappa shape index (κ3) is 5.27. The Morgan fingerprint density at radius 3 is 2.33 bits per heavy atom. The van der Waals surface area contributed by atoms with E-state index < -0.39 is 0 Å². The minimum absolute atomic E-state index is 0.419. The lowest BCUT2D eigenvalue weighted by Crippen LogP contribution is -2.42. The first-order chi connectivity index (χ1) is 8.46. The molecule has 0 aromatic carbocycles. The first-order valence-corrected chi connectivity index (χ1v) is 7.94. The van der Waals surface area contributed by atoms with Gasteiger partial charge in [-0.1, -0.05) is 27.7 Å². The van der Waals surface area contributed by atoms with Crippen molar-refractivity contribution in [3.8, 4) is 0 Å². The van der Waals surface area contributed by atoms with E-state index in [1.165, 1.54) is 51.7 Å². The van der Waals surface area contributed by atoms with Crippen LogP contribution in [-0.4, -0.2) is 36.6 Å². The van der Waals surface area contributed by atoms with Crippen LogP contribution in [0.15, 0.2) is 0 Å². The van der Waals surface area contributed by atoms with Crippen LogP contribution in [0.25, 0.3) is 0 Å². The smallest absolute Gasteiger partial charge is 0.00966 e. The molecule has 2 fully saturated rings. The molecule has 2 saturated carbocycles. The van der Waals surface area contributed by atoms with Crippen molar-refractivity contribution < 1.29 is 0 Å². The number of hydrogen-bond donors (Lipinski definition) is 1. The third-order valence-electron chi connectivity index (χ3n) is 4.13. The fourth-order valence-corrected chi connectivity index (χ4v) is 2.57. The molecular weight excluding hydrogens is 220 g/mol. The van der Waals surface area contributed by atoms with Gasteiger partial charge in [-0.05, 0) is 50.0 Å². The van der Waals surface area contributed by atoms with Crippen molar-refractivity contribution >= 4 is 0 Å². The van der Waals surface area contributed by atoms with Gasteiger partial charge in [-0.3, -0.25) is 4.90 Å². The van der Waals surface area contributed by atoms with Gasteiger partial charge in [0.25, 0.3) is 0 Å². The van der Waals surface area contributed by atoms with Gasteiger partial charge in [-0.15, -0.1) is 0 Å². The highest BCUT2D eigenvalue weighted by Crippen LogP contribution is 2.31. The molecule has 0 saturated heterocycles. The van der Waals surface area contributed by atoms with Gasteiger partial charge in [-0.25, -0.2) is 0 Å². The summed E-state index contributed by atoms with van der Waals surface area (Å²) in [5.74, 6) is 0.832. The van der Waals surface area contributed by atoms with Crippen molar-refractivity contribution in [2.75, 3.05) is 19.6 Å². The van der Waals surface area contributed by atoms with Crippen LogP contribution >= 0.6 is 0 Å². The second-order valence-corrected chi connectivity index (χ2v) is 7.70. The second-order valence-electron chi connectivity index (χ2n) is 7.70. The fraction of sp³-hybridized carbons (Fsp3) is 1.00. The van der Waals surface area contributed by atoms with E-state index in [2.05, 4.69) is 37.9 Å². The number of nitrogens with zero attached hydrogens (tertiary/aromatic N) is 1. The van der Waals surface area contributed by atoms with Crippen molar-refractivity contribution in [3.05, 3.63) is 0 Å². The topological polar surface area (TPSA) is 15.3 Å². The van der Waals surface area contributed by atoms with Crippen molar-refractivity contribution in [2.45, 2.75) is 71.9 Å². The van der Waals surface area contributed by atoms with Gasteiger partial charge in [0.05, 0.1) is 0 Å². The van der Waals surface area contributed by atoms with E-state index in [1.807, 2.05) is 0 Å². The molecule has 1 N–H and O–H groups in total. The second kappa shape index (κ2) is 5.92. The minimum atomic E-state index is 0.419. The van der Waals surface area contributed by atoms with Crippen LogP contribution in [0.3, 0.4) is 0 Å². The summed E-state index contributed by atoms with van der Waals surface area (Å²) < 4.78 is 0. The van der Waals surface area contributed by atoms with Crippen molar-refractivity contribution in [1.29, 1.82) is 0 Å². The molecule has 0 amide bonds. The lowest BCUT2D eigenvalue weighted by atomic mass is 9.92. The summed E-state index contributed by atoms with van der Waals surface area (Å²) in [5.41, 5.74) is 0.419. The maximum atomic E-state index is 3.70. The van der Waals surface area contributed by atoms with Crippen LogP contribution in [-0.2, 0) is 0 Å². The van der Waals surface area contributed by atoms with Gasteiger partial charge >= 0.3 is 0 Å². The molecule has 2 nitrogen and oxygen atoms in total. The molecular formula is C16H32N2. The van der Waals surface area contributed by atoms with E-state index in [4.69, 9.17) is 0 Å². The molecule has 0 aromatic heterocycles. The van der Waals surface area contributed by atoms with Gasteiger partial charge in [0, 0.05) is 25.2 Å². The molecule has 2 aliphatic carbocycles. The highest BCUT2D eigenvalue weighted by atomic mass is 15.2. The molecule has 18 heavy (non-hydrogen) atoms. The Balaban J connectivity index is 1.74. The molecule has 0 heterocycles. The Hall–Kier alpha value is -0.0800. The van der Waals surface area contributed by atoms with Crippen LogP contribution in [0.5, 0.6) is 0 Å². The highest BCUT2D eigenvalue weighted by Gasteiger charge is 2.33. The lowest BCUT2D eigenvalue weighted by molar-refractivity contribution is 0.159. The Kier molecular flexibility index (Phi) is 4.71. The van der Waals surface area contributed by atoms with Crippen LogP contribution in [0.1, 0.15) is 59.8 Å². The number of nitrogens with one attached hydrogen (secondary N) is 1. The molecule has 0 unspecified atom stereocenters. The maximum absolute atomic E-state index is 3.70. The van der Waals surface area contributed by atoms with Gasteiger partial charge in [-0.2, -0.15) is 0 Å². The summed E-state index contributed by atoms with van der Waals surface area (Å²) in [4.78, 5) is 2.76. The summed E-state index contributed by atoms with van der Waals surface area (Å²) in [6.07, 6.45) is 7.02. The minimum Gasteiger partial charge on any atom is -0.313 e. The van der Waals surface area contributed by atoms with E-state index in [-0.39, 0.29) is 0 Å². The van der Waals surface area contributed by atoms with Gasteiger partial charge in [0.15, 0.2) is 0 Å². The summed E-state index contributed by atoms with van der Waals surface area (Å²) in [5, 5.41) is 3.70. The number of hydrogen-bond acceptors (Lipinski definition) is 2. The molecule has 0 aromatic rings. The summed E-state index contributed by atoms with van der Waals surface area (Å²) >= 11 is 0. The van der Waals surface area contributed by atoms with E-state index in [0.717, 1.165) is 18.0 Å². The van der Waals surface area contributed by atoms with Gasteiger partial charge < -0.3 is 5.32 Å². The first kappa shape index (κ1) is 14.3. The SMILES string of the molecule is CC(C)CCN(CC(C)(C)CNC1CC1)C1CC1. The summed E-state index contributed by atoms with van der Waals surface area (Å²) in [6, 6.07) is 1.75. The molecule has 0 atom stereocenters. The van der Waals surface area contributed by atoms with E-state index in [1.54, 1.807) is 0 Å². The zero-order valence-corrected chi connectivity index (χ0v) is 12.8. The highest BCUT2D eigenvalue weighted by molar-refractivity contribution is 4.90. The standard InChI is InChI=1S/C16H32N2/c1-13(2)9-10-18(15-7-8-15)12-16(3,4)11-17-14-5-6-14/h13-15,17H,5-12H2,1-4H3. The normalized spacial score (nSPS) is 21.0. The van der Waals surface area contributed by atoms with Crippen LogP contribution < -0.4 is 5.32 Å². The summed E-state index contributed by atoms with van der Waals surface area (Å²) in [6.45, 7) is 13.3. The van der Waals surface area contributed by atoms with Gasteiger partial charge in [0.2, 0.25) is 0 Å². The largest absolute Gasteiger partial charge is 0.313 e. The van der Waals surface area contributed by atoms with Gasteiger partial charge in [0.1, 0.15) is 0 Å². The Labute approximate surface area is 114 Å². The van der Waals surface area contributed by atoms with E-state index in [0.29, 0.717) is 5.41 Å². The summed E-state index contributed by atoms with van der Waals surface area (Å²) in [7, 11) is 0. The zero-order valence-electron chi connectivity index (χ0n) is 12.8. The Bertz CT molecular complexity index is 252. The van der Waals surface area contributed by atoms with Crippen molar-refractivity contribution in [2.24, 2.45) is 11.3 Å². The molecule has 0 spiro atoms. The van der Waals surface area contributed by atoms with Crippen LogP contribution in [0.4, 0.5) is 0 Å².